The van der Waals surface area contributed by atoms with Crippen LogP contribution in [0.5, 0.6) is 0 Å². The molecule has 5 heteroatoms. The Kier molecular flexibility index (Phi) is 6.53. The molecular formula is C25H24FNO2S. The van der Waals surface area contributed by atoms with Crippen molar-refractivity contribution in [3.8, 4) is 0 Å². The van der Waals surface area contributed by atoms with E-state index in [1.54, 1.807) is 30.3 Å². The van der Waals surface area contributed by atoms with Crippen LogP contribution in [0, 0.1) is 12.7 Å². The fraction of sp³-hybridized carbons (Fsp3) is 0.120. The van der Waals surface area contributed by atoms with Crippen LogP contribution >= 0.6 is 0 Å². The van der Waals surface area contributed by atoms with Gasteiger partial charge in [0.1, 0.15) is 5.82 Å². The van der Waals surface area contributed by atoms with E-state index in [-0.39, 0.29) is 17.1 Å². The molecule has 0 bridgehead atoms. The maximum absolute atomic E-state index is 15.1. The van der Waals surface area contributed by atoms with Crippen LogP contribution in [0.1, 0.15) is 23.1 Å². The quantitative estimate of drug-likeness (QED) is 0.420. The molecule has 0 aliphatic rings. The van der Waals surface area contributed by atoms with Gasteiger partial charge in [-0.1, -0.05) is 72.8 Å². The van der Waals surface area contributed by atoms with Crippen molar-refractivity contribution in [1.82, 2.24) is 0 Å². The third kappa shape index (κ3) is 4.36. The first-order valence-electron chi connectivity index (χ1n) is 9.59. The highest BCUT2D eigenvalue weighted by molar-refractivity contribution is 7.92. The Morgan fingerprint density at radius 2 is 1.67 bits per heavy atom. The maximum atomic E-state index is 15.1. The lowest BCUT2D eigenvalue weighted by Crippen LogP contribution is -2.33. The number of nitrogens with zero attached hydrogens (tertiary/aromatic N) is 1. The van der Waals surface area contributed by atoms with Gasteiger partial charge in [0, 0.05) is 12.1 Å². The summed E-state index contributed by atoms with van der Waals surface area (Å²) in [6.45, 7) is 9.75. The molecule has 3 rings (SSSR count). The van der Waals surface area contributed by atoms with Gasteiger partial charge in [0.05, 0.1) is 10.6 Å². The van der Waals surface area contributed by atoms with E-state index in [0.29, 0.717) is 17.6 Å². The van der Waals surface area contributed by atoms with Gasteiger partial charge in [0.2, 0.25) is 0 Å². The molecule has 0 radical (unpaired) electrons. The SMILES string of the molecule is C=CCCN(c1c(F)cccc1C(=C)c1ccccc1)S(=O)(=O)c1ccc(C)cc1. The van der Waals surface area contributed by atoms with Gasteiger partial charge in [0.15, 0.2) is 0 Å². The fourth-order valence-corrected chi connectivity index (χ4v) is 4.71. The number of aryl methyl sites for hydroxylation is 1. The minimum Gasteiger partial charge on any atom is -0.262 e. The third-order valence-corrected chi connectivity index (χ3v) is 6.64. The number of sulfonamides is 1. The molecule has 0 amide bonds. The summed E-state index contributed by atoms with van der Waals surface area (Å²) in [7, 11) is -4.00. The van der Waals surface area contributed by atoms with Crippen LogP contribution in [-0.4, -0.2) is 15.0 Å². The van der Waals surface area contributed by atoms with Crippen molar-refractivity contribution >= 4 is 21.3 Å². The summed E-state index contributed by atoms with van der Waals surface area (Å²) in [6, 6.07) is 20.4. The van der Waals surface area contributed by atoms with E-state index in [1.807, 2.05) is 37.3 Å². The van der Waals surface area contributed by atoms with E-state index >= 15 is 4.39 Å². The van der Waals surface area contributed by atoms with Gasteiger partial charge in [-0.05, 0) is 42.7 Å². The average Bonchev–Trinajstić information content (AvgIpc) is 2.75. The lowest BCUT2D eigenvalue weighted by molar-refractivity contribution is 0.585. The Hall–Kier alpha value is -3.18. The number of hydrogen-bond donors (Lipinski definition) is 0. The average molecular weight is 422 g/mol. The normalized spacial score (nSPS) is 11.1. The van der Waals surface area contributed by atoms with Crippen molar-refractivity contribution in [2.24, 2.45) is 0 Å². The Labute approximate surface area is 177 Å². The summed E-state index contributed by atoms with van der Waals surface area (Å²) in [4.78, 5) is 0.108. The smallest absolute Gasteiger partial charge is 0.262 e. The van der Waals surface area contributed by atoms with E-state index in [9.17, 15) is 8.42 Å². The van der Waals surface area contributed by atoms with Crippen LogP contribution in [0.25, 0.3) is 5.57 Å². The summed E-state index contributed by atoms with van der Waals surface area (Å²) >= 11 is 0. The van der Waals surface area contributed by atoms with E-state index in [4.69, 9.17) is 0 Å². The molecule has 0 saturated carbocycles. The highest BCUT2D eigenvalue weighted by atomic mass is 32.2. The predicted molar refractivity (Wildman–Crippen MR) is 122 cm³/mol. The molecule has 0 fully saturated rings. The molecule has 154 valence electrons. The Morgan fingerprint density at radius 3 is 2.30 bits per heavy atom. The Bertz CT molecular complexity index is 1150. The minimum absolute atomic E-state index is 0.00576. The van der Waals surface area contributed by atoms with Crippen LogP contribution in [0.15, 0.2) is 96.9 Å². The zero-order valence-electron chi connectivity index (χ0n) is 16.9. The Morgan fingerprint density at radius 1 is 1.00 bits per heavy atom. The summed E-state index contributed by atoms with van der Waals surface area (Å²) in [5.74, 6) is -0.621. The molecule has 0 saturated heterocycles. The lowest BCUT2D eigenvalue weighted by Gasteiger charge is -2.27. The highest BCUT2D eigenvalue weighted by Gasteiger charge is 2.29. The van der Waals surface area contributed by atoms with Crippen molar-refractivity contribution in [2.45, 2.75) is 18.2 Å². The monoisotopic (exact) mass is 421 g/mol. The van der Waals surface area contributed by atoms with E-state index in [1.165, 1.54) is 18.2 Å². The molecule has 3 aromatic rings. The molecule has 0 unspecified atom stereocenters. The molecule has 0 aliphatic carbocycles. The topological polar surface area (TPSA) is 37.4 Å². The minimum atomic E-state index is -4.00. The third-order valence-electron chi connectivity index (χ3n) is 4.83. The van der Waals surface area contributed by atoms with Crippen molar-refractivity contribution in [2.75, 3.05) is 10.8 Å². The zero-order chi connectivity index (χ0) is 21.7. The van der Waals surface area contributed by atoms with Gasteiger partial charge in [-0.3, -0.25) is 4.31 Å². The predicted octanol–water partition coefficient (Wildman–Crippen LogP) is 5.97. The van der Waals surface area contributed by atoms with Gasteiger partial charge in [-0.15, -0.1) is 6.58 Å². The first kappa shape index (κ1) is 21.5. The van der Waals surface area contributed by atoms with Crippen LogP contribution in [-0.2, 0) is 10.0 Å². The fourth-order valence-electron chi connectivity index (χ4n) is 3.21. The van der Waals surface area contributed by atoms with Crippen molar-refractivity contribution in [1.29, 1.82) is 0 Å². The molecule has 0 heterocycles. The molecule has 0 N–H and O–H groups in total. The van der Waals surface area contributed by atoms with Gasteiger partial charge < -0.3 is 0 Å². The molecule has 3 nitrogen and oxygen atoms in total. The second-order valence-corrected chi connectivity index (χ2v) is 8.81. The van der Waals surface area contributed by atoms with E-state index < -0.39 is 15.8 Å². The summed E-state index contributed by atoms with van der Waals surface area (Å²) < 4.78 is 43.3. The van der Waals surface area contributed by atoms with Gasteiger partial charge in [0.25, 0.3) is 10.0 Å². The number of rotatable bonds is 8. The van der Waals surface area contributed by atoms with Gasteiger partial charge >= 0.3 is 0 Å². The van der Waals surface area contributed by atoms with Crippen molar-refractivity contribution in [3.63, 3.8) is 0 Å². The first-order valence-corrected chi connectivity index (χ1v) is 11.0. The lowest BCUT2D eigenvalue weighted by atomic mass is 9.98. The molecule has 0 spiro atoms. The largest absolute Gasteiger partial charge is 0.264 e. The summed E-state index contributed by atoms with van der Waals surface area (Å²) in [5.41, 5.74) is 2.71. The maximum Gasteiger partial charge on any atom is 0.264 e. The number of benzene rings is 3. The number of halogens is 1. The van der Waals surface area contributed by atoms with Crippen LogP contribution < -0.4 is 4.31 Å². The summed E-state index contributed by atoms with van der Waals surface area (Å²) in [6.07, 6.45) is 1.99. The molecule has 0 aromatic heterocycles. The number of para-hydroxylation sites is 1. The molecule has 0 aliphatic heterocycles. The van der Waals surface area contributed by atoms with Crippen LogP contribution in [0.4, 0.5) is 10.1 Å². The highest BCUT2D eigenvalue weighted by Crippen LogP contribution is 2.36. The molecule has 30 heavy (non-hydrogen) atoms. The van der Waals surface area contributed by atoms with Crippen molar-refractivity contribution < 1.29 is 12.8 Å². The molecule has 0 atom stereocenters. The molecular weight excluding hydrogens is 397 g/mol. The van der Waals surface area contributed by atoms with E-state index in [2.05, 4.69) is 13.2 Å². The Balaban J connectivity index is 2.19. The van der Waals surface area contributed by atoms with Crippen LogP contribution in [0.3, 0.4) is 0 Å². The van der Waals surface area contributed by atoms with E-state index in [0.717, 1.165) is 15.4 Å². The number of hydrogen-bond acceptors (Lipinski definition) is 2. The van der Waals surface area contributed by atoms with Gasteiger partial charge in [-0.2, -0.15) is 0 Å². The zero-order valence-corrected chi connectivity index (χ0v) is 17.7. The standard InChI is InChI=1S/C25H24FNO2S/c1-4-5-18-27(30(28,29)22-16-14-19(2)15-17-22)25-23(12-9-13-24(25)26)20(3)21-10-7-6-8-11-21/h4,6-17H,1,3,5,18H2,2H3. The van der Waals surface area contributed by atoms with Crippen LogP contribution in [0.2, 0.25) is 0 Å². The number of anilines is 1. The summed E-state index contributed by atoms with van der Waals surface area (Å²) in [5, 5.41) is 0. The molecule has 3 aromatic carbocycles. The van der Waals surface area contributed by atoms with Gasteiger partial charge in [-0.25, -0.2) is 12.8 Å². The first-order chi connectivity index (χ1) is 14.4. The van der Waals surface area contributed by atoms with Crippen molar-refractivity contribution in [3.05, 3.63) is 115 Å². The second-order valence-electron chi connectivity index (χ2n) is 6.95. The second kappa shape index (κ2) is 9.09.